The van der Waals surface area contributed by atoms with Crippen molar-refractivity contribution in [2.45, 2.75) is 6.92 Å². The third-order valence-corrected chi connectivity index (χ3v) is 5.17. The minimum Gasteiger partial charge on any atom is -0.296 e. The van der Waals surface area contributed by atoms with Crippen LogP contribution in [-0.4, -0.2) is 15.7 Å². The molecule has 0 amide bonds. The Kier molecular flexibility index (Phi) is 3.71. The first-order chi connectivity index (χ1) is 11.7. The Morgan fingerprint density at radius 3 is 2.42 bits per heavy atom. The van der Waals surface area contributed by atoms with Gasteiger partial charge in [0.15, 0.2) is 11.2 Å². The molecule has 2 aromatic carbocycles. The summed E-state index contributed by atoms with van der Waals surface area (Å²) in [4.78, 5) is 18.5. The summed E-state index contributed by atoms with van der Waals surface area (Å²) in [7, 11) is 0. The Balaban J connectivity index is 2.02. The van der Waals surface area contributed by atoms with Crippen LogP contribution in [0.2, 0.25) is 5.02 Å². The molecule has 4 rings (SSSR count). The highest BCUT2D eigenvalue weighted by atomic mass is 35.5. The van der Waals surface area contributed by atoms with Gasteiger partial charge >= 0.3 is 0 Å². The van der Waals surface area contributed by atoms with E-state index in [1.165, 1.54) is 0 Å². The van der Waals surface area contributed by atoms with Gasteiger partial charge in [0.25, 0.3) is 0 Å². The van der Waals surface area contributed by atoms with Gasteiger partial charge in [-0.15, -0.1) is 11.3 Å². The van der Waals surface area contributed by atoms with Gasteiger partial charge in [-0.1, -0.05) is 54.1 Å². The van der Waals surface area contributed by atoms with Gasteiger partial charge in [0, 0.05) is 15.5 Å². The molecule has 0 unspecified atom stereocenters. The lowest BCUT2D eigenvalue weighted by Gasteiger charge is -2.05. The monoisotopic (exact) mass is 352 g/mol. The molecule has 4 aromatic rings. The number of nitrogens with zero attached hydrogens (tertiary/aromatic N) is 2. The third-order valence-electron chi connectivity index (χ3n) is 3.96. The second-order valence-electron chi connectivity index (χ2n) is 5.46. The predicted molar refractivity (Wildman–Crippen MR) is 99.1 cm³/mol. The van der Waals surface area contributed by atoms with E-state index in [-0.39, 0.29) is 0 Å². The van der Waals surface area contributed by atoms with Crippen LogP contribution in [0, 0.1) is 6.92 Å². The van der Waals surface area contributed by atoms with Gasteiger partial charge in [0.2, 0.25) is 0 Å². The van der Waals surface area contributed by atoms with Gasteiger partial charge in [-0.25, -0.2) is 4.98 Å². The van der Waals surface area contributed by atoms with E-state index in [4.69, 9.17) is 16.6 Å². The number of imidazole rings is 1. The van der Waals surface area contributed by atoms with Crippen LogP contribution >= 0.6 is 22.9 Å². The summed E-state index contributed by atoms with van der Waals surface area (Å²) >= 11 is 7.58. The molecule has 0 N–H and O–H groups in total. The molecule has 0 bridgehead atoms. The topological polar surface area (TPSA) is 34.4 Å². The highest BCUT2D eigenvalue weighted by molar-refractivity contribution is 7.17. The fourth-order valence-electron chi connectivity index (χ4n) is 2.90. The van der Waals surface area contributed by atoms with Crippen LogP contribution in [-0.2, 0) is 0 Å². The minimum atomic E-state index is 0.575. The summed E-state index contributed by atoms with van der Waals surface area (Å²) < 4.78 is 1.94. The lowest BCUT2D eigenvalue weighted by Crippen LogP contribution is -1.95. The van der Waals surface area contributed by atoms with Gasteiger partial charge in [-0.05, 0) is 24.6 Å². The van der Waals surface area contributed by atoms with Crippen LogP contribution in [0.25, 0.3) is 27.5 Å². The second kappa shape index (κ2) is 5.89. The lowest BCUT2D eigenvalue weighted by molar-refractivity contribution is 0.111. The summed E-state index contributed by atoms with van der Waals surface area (Å²) in [5.74, 6) is 0. The predicted octanol–water partition coefficient (Wildman–Crippen LogP) is 5.50. The highest BCUT2D eigenvalue weighted by Gasteiger charge is 2.20. The number of fused-ring (bicyclic) bond motifs is 1. The van der Waals surface area contributed by atoms with Crippen molar-refractivity contribution in [3.05, 3.63) is 70.2 Å². The van der Waals surface area contributed by atoms with Crippen LogP contribution in [0.3, 0.4) is 0 Å². The number of rotatable bonds is 3. The molecule has 0 spiro atoms. The fourth-order valence-corrected chi connectivity index (χ4v) is 4.02. The number of thiazole rings is 1. The number of benzene rings is 2. The fraction of sp³-hybridized carbons (Fsp3) is 0.0526. The molecule has 24 heavy (non-hydrogen) atoms. The molecule has 0 radical (unpaired) electrons. The van der Waals surface area contributed by atoms with Crippen molar-refractivity contribution < 1.29 is 4.79 Å². The summed E-state index contributed by atoms with van der Waals surface area (Å²) in [5.41, 5.74) is 4.24. The van der Waals surface area contributed by atoms with E-state index in [0.29, 0.717) is 16.4 Å². The van der Waals surface area contributed by atoms with E-state index >= 15 is 0 Å². The molecule has 0 aliphatic carbocycles. The molecule has 0 saturated heterocycles. The number of carbonyl (C=O) groups is 1. The molecule has 0 aliphatic rings. The molecule has 0 fully saturated rings. The number of aryl methyl sites for hydroxylation is 1. The number of halogens is 1. The SMILES string of the molecule is Cc1sc2nc(-c3ccccc3)c(C=O)n2c1-c1ccc(Cl)cc1. The minimum absolute atomic E-state index is 0.575. The summed E-state index contributed by atoms with van der Waals surface area (Å²) in [5, 5.41) is 0.689. The quantitative estimate of drug-likeness (QED) is 0.456. The molecular weight excluding hydrogens is 340 g/mol. The normalized spacial score (nSPS) is 11.1. The average Bonchev–Trinajstić information content (AvgIpc) is 3.11. The van der Waals surface area contributed by atoms with Crippen molar-refractivity contribution in [2.75, 3.05) is 0 Å². The van der Waals surface area contributed by atoms with E-state index in [9.17, 15) is 4.79 Å². The standard InChI is InChI=1S/C19H13ClN2OS/c1-12-18(14-7-9-15(20)10-8-14)22-16(11-23)17(21-19(22)24-12)13-5-3-2-4-6-13/h2-11H,1H3. The van der Waals surface area contributed by atoms with Crippen LogP contribution < -0.4 is 0 Å². The second-order valence-corrected chi connectivity index (χ2v) is 7.08. The molecule has 2 heterocycles. The van der Waals surface area contributed by atoms with E-state index in [1.807, 2.05) is 65.9 Å². The van der Waals surface area contributed by atoms with E-state index in [2.05, 4.69) is 0 Å². The third kappa shape index (κ3) is 2.35. The van der Waals surface area contributed by atoms with Gasteiger partial charge in [0.1, 0.15) is 11.4 Å². The van der Waals surface area contributed by atoms with E-state index in [1.54, 1.807) is 11.3 Å². The Morgan fingerprint density at radius 2 is 1.75 bits per heavy atom. The van der Waals surface area contributed by atoms with E-state index < -0.39 is 0 Å². The molecule has 2 aromatic heterocycles. The Bertz CT molecular complexity index is 1030. The Labute approximate surface area is 148 Å². The van der Waals surface area contributed by atoms with Gasteiger partial charge in [-0.3, -0.25) is 9.20 Å². The van der Waals surface area contributed by atoms with Crippen molar-refractivity contribution >= 4 is 34.2 Å². The molecule has 0 saturated carbocycles. The molecule has 118 valence electrons. The molecule has 3 nitrogen and oxygen atoms in total. The van der Waals surface area contributed by atoms with Crippen molar-refractivity contribution in [1.29, 1.82) is 0 Å². The van der Waals surface area contributed by atoms with Crippen molar-refractivity contribution in [3.8, 4) is 22.5 Å². The summed E-state index contributed by atoms with van der Waals surface area (Å²) in [6.45, 7) is 2.04. The highest BCUT2D eigenvalue weighted by Crippen LogP contribution is 2.35. The molecule has 0 aliphatic heterocycles. The summed E-state index contributed by atoms with van der Waals surface area (Å²) in [6.07, 6.45) is 0.883. The largest absolute Gasteiger partial charge is 0.296 e. The van der Waals surface area contributed by atoms with Crippen LogP contribution in [0.5, 0.6) is 0 Å². The zero-order valence-electron chi connectivity index (χ0n) is 12.9. The average molecular weight is 353 g/mol. The molecule has 0 atom stereocenters. The number of hydrogen-bond acceptors (Lipinski definition) is 3. The van der Waals surface area contributed by atoms with Crippen LogP contribution in [0.4, 0.5) is 0 Å². The summed E-state index contributed by atoms with van der Waals surface area (Å²) in [6, 6.07) is 17.4. The van der Waals surface area contributed by atoms with E-state index in [0.717, 1.165) is 32.9 Å². The van der Waals surface area contributed by atoms with Crippen molar-refractivity contribution in [3.63, 3.8) is 0 Å². The first kappa shape index (κ1) is 15.1. The van der Waals surface area contributed by atoms with Gasteiger partial charge in [0.05, 0.1) is 5.69 Å². The van der Waals surface area contributed by atoms with Crippen molar-refractivity contribution in [2.24, 2.45) is 0 Å². The van der Waals surface area contributed by atoms with Crippen molar-refractivity contribution in [1.82, 2.24) is 9.38 Å². The van der Waals surface area contributed by atoms with Gasteiger partial charge in [-0.2, -0.15) is 0 Å². The number of carbonyl (C=O) groups excluding carboxylic acids is 1. The number of hydrogen-bond donors (Lipinski definition) is 0. The zero-order chi connectivity index (χ0) is 16.7. The lowest BCUT2D eigenvalue weighted by atomic mass is 10.1. The maximum absolute atomic E-state index is 11.8. The molecular formula is C19H13ClN2OS. The molecule has 5 heteroatoms. The van der Waals surface area contributed by atoms with Crippen LogP contribution in [0.1, 0.15) is 15.4 Å². The number of aromatic nitrogens is 2. The smallest absolute Gasteiger partial charge is 0.195 e. The van der Waals surface area contributed by atoms with Crippen LogP contribution in [0.15, 0.2) is 54.6 Å². The van der Waals surface area contributed by atoms with Gasteiger partial charge < -0.3 is 0 Å². The Hall–Kier alpha value is -2.43. The first-order valence-electron chi connectivity index (χ1n) is 7.47. The number of aldehydes is 1. The maximum atomic E-state index is 11.8. The maximum Gasteiger partial charge on any atom is 0.195 e. The zero-order valence-corrected chi connectivity index (χ0v) is 14.4. The Morgan fingerprint density at radius 1 is 1.04 bits per heavy atom. The first-order valence-corrected chi connectivity index (χ1v) is 8.67.